The normalized spacial score (nSPS) is 35.3. The first-order chi connectivity index (χ1) is 7.80. The first-order valence-corrected chi connectivity index (χ1v) is 5.73. The van der Waals surface area contributed by atoms with Crippen molar-refractivity contribution in [2.45, 2.75) is 31.1 Å². The minimum Gasteiger partial charge on any atom is -0.400 e. The van der Waals surface area contributed by atoms with Crippen LogP contribution in [0.15, 0.2) is 0 Å². The summed E-state index contributed by atoms with van der Waals surface area (Å²) in [6.45, 7) is 1.57. The van der Waals surface area contributed by atoms with E-state index in [1.165, 1.54) is 0 Å². The van der Waals surface area contributed by atoms with Gasteiger partial charge in [0.15, 0.2) is 0 Å². The number of alkyl halides is 4. The van der Waals surface area contributed by atoms with Crippen LogP contribution in [0.1, 0.15) is 19.3 Å². The van der Waals surface area contributed by atoms with Crippen LogP contribution in [-0.2, 0) is 0 Å². The highest BCUT2D eigenvalue weighted by Crippen LogP contribution is 2.58. The molecule has 3 fully saturated rings. The maximum absolute atomic E-state index is 12.6. The molecule has 1 saturated heterocycles. The van der Waals surface area contributed by atoms with E-state index in [1.54, 1.807) is 0 Å². The second-order valence-corrected chi connectivity index (χ2v) is 5.54. The van der Waals surface area contributed by atoms with E-state index in [1.807, 2.05) is 4.90 Å². The van der Waals surface area contributed by atoms with Crippen LogP contribution in [0.25, 0.3) is 0 Å². The van der Waals surface area contributed by atoms with Crippen molar-refractivity contribution in [2.24, 2.45) is 11.3 Å². The van der Waals surface area contributed by atoms with Gasteiger partial charge in [0.25, 0.3) is 5.92 Å². The summed E-state index contributed by atoms with van der Waals surface area (Å²) in [6, 6.07) is 0. The lowest BCUT2D eigenvalue weighted by molar-refractivity contribution is -0.214. The highest BCUT2D eigenvalue weighted by molar-refractivity contribution is 5.09. The van der Waals surface area contributed by atoms with Gasteiger partial charge in [-0.3, -0.25) is 0 Å². The Balaban J connectivity index is 0.000000514. The smallest absolute Gasteiger partial charge is 0.252 e. The predicted molar refractivity (Wildman–Crippen MR) is 54.3 cm³/mol. The van der Waals surface area contributed by atoms with Gasteiger partial charge in [0, 0.05) is 57.3 Å². The Morgan fingerprint density at radius 1 is 1.12 bits per heavy atom. The Kier molecular flexibility index (Phi) is 2.94. The number of hydrogen-bond donors (Lipinski definition) is 1. The van der Waals surface area contributed by atoms with Crippen LogP contribution in [0, 0.1) is 11.3 Å². The van der Waals surface area contributed by atoms with Gasteiger partial charge >= 0.3 is 0 Å². The highest BCUT2D eigenvalue weighted by atomic mass is 19.3. The standard InChI is InChI=1S/C10H13F4N.CH4O/c11-9(12)3-8(4-9)5-15(6-8)2-7-1-10(7,13)14;1-2/h7H,1-6H2;2H,1H3/t7-;/m1./s1. The van der Waals surface area contributed by atoms with Gasteiger partial charge in [0.1, 0.15) is 0 Å². The number of halogens is 4. The molecule has 1 spiro atoms. The fourth-order valence-corrected chi connectivity index (χ4v) is 3.08. The van der Waals surface area contributed by atoms with Gasteiger partial charge < -0.3 is 10.0 Å². The van der Waals surface area contributed by atoms with Gasteiger partial charge in [-0.05, 0) is 0 Å². The number of rotatable bonds is 2. The molecular formula is C11H17F4NO. The zero-order chi connectivity index (χ0) is 12.9. The van der Waals surface area contributed by atoms with Crippen LogP contribution < -0.4 is 0 Å². The van der Waals surface area contributed by atoms with Crippen LogP contribution in [0.5, 0.6) is 0 Å². The Bertz CT molecular complexity index is 292. The van der Waals surface area contributed by atoms with E-state index in [0.717, 1.165) is 7.11 Å². The maximum Gasteiger partial charge on any atom is 0.252 e. The zero-order valence-electron chi connectivity index (χ0n) is 9.73. The molecule has 2 nitrogen and oxygen atoms in total. The summed E-state index contributed by atoms with van der Waals surface area (Å²) in [5, 5.41) is 7.00. The van der Waals surface area contributed by atoms with Crippen LogP contribution in [0.4, 0.5) is 17.6 Å². The fourth-order valence-electron chi connectivity index (χ4n) is 3.08. The summed E-state index contributed by atoms with van der Waals surface area (Å²) in [7, 11) is 1.00. The first-order valence-electron chi connectivity index (χ1n) is 5.73. The summed E-state index contributed by atoms with van der Waals surface area (Å²) in [6.07, 6.45) is -0.109. The van der Waals surface area contributed by atoms with Gasteiger partial charge in [-0.25, -0.2) is 17.6 Å². The van der Waals surface area contributed by atoms with Crippen molar-refractivity contribution in [1.82, 2.24) is 4.90 Å². The number of likely N-dealkylation sites (tertiary alicyclic amines) is 1. The molecule has 1 heterocycles. The summed E-state index contributed by atoms with van der Waals surface area (Å²) in [5.41, 5.74) is -0.228. The van der Waals surface area contributed by atoms with Crippen molar-refractivity contribution < 1.29 is 22.7 Å². The summed E-state index contributed by atoms with van der Waals surface area (Å²) >= 11 is 0. The molecule has 2 aliphatic carbocycles. The molecule has 0 unspecified atom stereocenters. The largest absolute Gasteiger partial charge is 0.400 e. The van der Waals surface area contributed by atoms with Gasteiger partial charge in [0.05, 0.1) is 0 Å². The molecule has 1 atom stereocenters. The minimum atomic E-state index is -2.49. The monoisotopic (exact) mass is 255 g/mol. The lowest BCUT2D eigenvalue weighted by Crippen LogP contribution is -2.65. The third-order valence-electron chi connectivity index (χ3n) is 3.82. The molecule has 0 radical (unpaired) electrons. The number of aliphatic hydroxyl groups is 1. The molecule has 17 heavy (non-hydrogen) atoms. The molecule has 0 amide bonds. The molecule has 0 aromatic carbocycles. The van der Waals surface area contributed by atoms with Crippen LogP contribution in [0.3, 0.4) is 0 Å². The lowest BCUT2D eigenvalue weighted by Gasteiger charge is -2.58. The molecule has 2 saturated carbocycles. The van der Waals surface area contributed by atoms with E-state index in [9.17, 15) is 17.6 Å². The second kappa shape index (κ2) is 3.82. The van der Waals surface area contributed by atoms with E-state index >= 15 is 0 Å². The molecule has 100 valence electrons. The average Bonchev–Trinajstić information content (AvgIpc) is 2.71. The van der Waals surface area contributed by atoms with Gasteiger partial charge in [0.2, 0.25) is 5.92 Å². The van der Waals surface area contributed by atoms with E-state index in [4.69, 9.17) is 5.11 Å². The Hall–Kier alpha value is -0.360. The molecule has 6 heteroatoms. The topological polar surface area (TPSA) is 23.5 Å². The molecule has 3 aliphatic rings. The quantitative estimate of drug-likeness (QED) is 0.763. The predicted octanol–water partition coefficient (Wildman–Crippen LogP) is 1.98. The van der Waals surface area contributed by atoms with Gasteiger partial charge in [-0.15, -0.1) is 0 Å². The summed E-state index contributed by atoms with van der Waals surface area (Å²) < 4.78 is 50.4. The Morgan fingerprint density at radius 3 is 1.94 bits per heavy atom. The molecule has 0 aromatic heterocycles. The van der Waals surface area contributed by atoms with E-state index in [0.29, 0.717) is 19.6 Å². The lowest BCUT2D eigenvalue weighted by atomic mass is 9.61. The average molecular weight is 255 g/mol. The van der Waals surface area contributed by atoms with Crippen LogP contribution >= 0.6 is 0 Å². The van der Waals surface area contributed by atoms with Crippen molar-refractivity contribution in [2.75, 3.05) is 26.7 Å². The Labute approximate surface area is 97.6 Å². The number of hydrogen-bond acceptors (Lipinski definition) is 2. The van der Waals surface area contributed by atoms with Crippen LogP contribution in [0.2, 0.25) is 0 Å². The first kappa shape index (κ1) is 13.1. The molecular weight excluding hydrogens is 238 g/mol. The van der Waals surface area contributed by atoms with E-state index in [-0.39, 0.29) is 24.7 Å². The number of nitrogens with zero attached hydrogens (tertiary/aromatic N) is 1. The molecule has 0 aromatic rings. The fraction of sp³-hybridized carbons (Fsp3) is 1.00. The van der Waals surface area contributed by atoms with Crippen molar-refractivity contribution in [3.8, 4) is 0 Å². The Morgan fingerprint density at radius 2 is 1.59 bits per heavy atom. The second-order valence-electron chi connectivity index (χ2n) is 5.54. The maximum atomic E-state index is 12.6. The SMILES string of the molecule is CO.FC1(F)CC2(CN(C[C@H]3CC3(F)F)C2)C1. The van der Waals surface area contributed by atoms with Crippen molar-refractivity contribution >= 4 is 0 Å². The van der Waals surface area contributed by atoms with Crippen LogP contribution in [-0.4, -0.2) is 48.6 Å². The summed E-state index contributed by atoms with van der Waals surface area (Å²) in [4.78, 5) is 1.89. The van der Waals surface area contributed by atoms with Crippen molar-refractivity contribution in [3.05, 3.63) is 0 Å². The molecule has 0 bridgehead atoms. The number of aliphatic hydroxyl groups excluding tert-OH is 1. The van der Waals surface area contributed by atoms with Crippen molar-refractivity contribution in [1.29, 1.82) is 0 Å². The molecule has 1 N–H and O–H groups in total. The zero-order valence-corrected chi connectivity index (χ0v) is 9.73. The van der Waals surface area contributed by atoms with E-state index < -0.39 is 17.8 Å². The third kappa shape index (κ3) is 2.42. The van der Waals surface area contributed by atoms with Gasteiger partial charge in [-0.2, -0.15) is 0 Å². The molecule has 3 rings (SSSR count). The summed E-state index contributed by atoms with van der Waals surface area (Å²) in [5.74, 6) is -5.49. The van der Waals surface area contributed by atoms with Crippen molar-refractivity contribution in [3.63, 3.8) is 0 Å². The van der Waals surface area contributed by atoms with E-state index in [2.05, 4.69) is 0 Å². The van der Waals surface area contributed by atoms with Gasteiger partial charge in [-0.1, -0.05) is 0 Å². The highest BCUT2D eigenvalue weighted by Gasteiger charge is 2.64. The minimum absolute atomic E-state index is 0.0212. The third-order valence-corrected chi connectivity index (χ3v) is 3.82. The molecule has 1 aliphatic heterocycles.